The van der Waals surface area contributed by atoms with Gasteiger partial charge < -0.3 is 9.80 Å². The van der Waals surface area contributed by atoms with Gasteiger partial charge in [0.15, 0.2) is 0 Å². The van der Waals surface area contributed by atoms with E-state index in [0.717, 1.165) is 17.2 Å². The molecule has 0 aliphatic carbocycles. The number of benzene rings is 3. The van der Waals surface area contributed by atoms with Crippen LogP contribution >= 0.6 is 0 Å². The van der Waals surface area contributed by atoms with Gasteiger partial charge in [-0.15, -0.1) is 0 Å². The average molecular weight is 424 g/mol. The van der Waals surface area contributed by atoms with E-state index in [4.69, 9.17) is 0 Å². The van der Waals surface area contributed by atoms with Gasteiger partial charge >= 0.3 is 6.18 Å². The number of piperazine rings is 1. The van der Waals surface area contributed by atoms with Crippen LogP contribution in [0.2, 0.25) is 0 Å². The third kappa shape index (κ3) is 4.90. The van der Waals surface area contributed by atoms with Crippen LogP contribution in [0.15, 0.2) is 78.9 Å². The summed E-state index contributed by atoms with van der Waals surface area (Å²) in [5.41, 5.74) is 2.67. The van der Waals surface area contributed by atoms with Crippen molar-refractivity contribution in [2.24, 2.45) is 0 Å². The van der Waals surface area contributed by atoms with Crippen LogP contribution in [0.3, 0.4) is 0 Å². The molecule has 4 rings (SSSR count). The van der Waals surface area contributed by atoms with Gasteiger partial charge in [-0.3, -0.25) is 4.79 Å². The molecule has 0 bridgehead atoms. The highest BCUT2D eigenvalue weighted by Crippen LogP contribution is 2.32. The Hall–Kier alpha value is -3.28. The van der Waals surface area contributed by atoms with Gasteiger partial charge in [-0.05, 0) is 41.8 Å². The second kappa shape index (κ2) is 8.84. The predicted octanol–water partition coefficient (Wildman–Crippen LogP) is 5.26. The number of hydrogen-bond donors (Lipinski definition) is 0. The molecule has 0 unspecified atom stereocenters. The normalized spacial score (nSPS) is 14.5. The third-order valence-corrected chi connectivity index (χ3v) is 5.59. The van der Waals surface area contributed by atoms with Crippen LogP contribution in [0, 0.1) is 0 Å². The zero-order valence-corrected chi connectivity index (χ0v) is 17.0. The Morgan fingerprint density at radius 2 is 1.48 bits per heavy atom. The summed E-state index contributed by atoms with van der Waals surface area (Å²) in [6.07, 6.45) is -3.69. The van der Waals surface area contributed by atoms with Gasteiger partial charge in [-0.2, -0.15) is 13.2 Å². The van der Waals surface area contributed by atoms with Crippen molar-refractivity contribution in [2.75, 3.05) is 31.1 Å². The Morgan fingerprint density at radius 1 is 0.806 bits per heavy atom. The van der Waals surface area contributed by atoms with Gasteiger partial charge in [-0.25, -0.2) is 0 Å². The Balaban J connectivity index is 1.45. The maximum absolute atomic E-state index is 13.2. The van der Waals surface area contributed by atoms with Gasteiger partial charge in [0, 0.05) is 37.4 Å². The van der Waals surface area contributed by atoms with Crippen molar-refractivity contribution < 1.29 is 18.0 Å². The molecule has 0 atom stereocenters. The second-order valence-electron chi connectivity index (χ2n) is 7.65. The lowest BCUT2D eigenvalue weighted by atomic mass is 9.99. The fourth-order valence-corrected chi connectivity index (χ4v) is 3.92. The smallest absolute Gasteiger partial charge is 0.368 e. The fraction of sp³-hybridized carbons (Fsp3) is 0.240. The molecule has 3 nitrogen and oxygen atoms in total. The topological polar surface area (TPSA) is 23.6 Å². The largest absolute Gasteiger partial charge is 0.416 e. The molecule has 3 aromatic rings. The Labute approximate surface area is 179 Å². The van der Waals surface area contributed by atoms with E-state index in [1.165, 1.54) is 12.1 Å². The number of anilines is 1. The van der Waals surface area contributed by atoms with E-state index < -0.39 is 11.7 Å². The highest BCUT2D eigenvalue weighted by atomic mass is 19.4. The second-order valence-corrected chi connectivity index (χ2v) is 7.65. The first kappa shape index (κ1) is 21.0. The van der Waals surface area contributed by atoms with Crippen molar-refractivity contribution in [3.63, 3.8) is 0 Å². The molecular formula is C25H23F3N2O. The summed E-state index contributed by atoms with van der Waals surface area (Å²) < 4.78 is 39.0. The van der Waals surface area contributed by atoms with Crippen LogP contribution in [-0.2, 0) is 12.6 Å². The number of halogens is 3. The van der Waals surface area contributed by atoms with Crippen molar-refractivity contribution in [3.8, 4) is 0 Å². The summed E-state index contributed by atoms with van der Waals surface area (Å²) in [5.74, 6) is -0.0322. The first-order valence-electron chi connectivity index (χ1n) is 10.2. The number of nitrogens with zero attached hydrogens (tertiary/aromatic N) is 2. The van der Waals surface area contributed by atoms with Crippen molar-refractivity contribution in [1.29, 1.82) is 0 Å². The molecule has 0 aromatic heterocycles. The third-order valence-electron chi connectivity index (χ3n) is 5.59. The van der Waals surface area contributed by atoms with E-state index >= 15 is 0 Å². The van der Waals surface area contributed by atoms with Crippen molar-refractivity contribution >= 4 is 11.6 Å². The maximum atomic E-state index is 13.2. The van der Waals surface area contributed by atoms with E-state index in [1.54, 1.807) is 11.0 Å². The minimum atomic E-state index is -4.36. The number of carbonyl (C=O) groups is 1. The van der Waals surface area contributed by atoms with Gasteiger partial charge in [0.2, 0.25) is 0 Å². The number of alkyl halides is 3. The lowest BCUT2D eigenvalue weighted by molar-refractivity contribution is -0.137. The van der Waals surface area contributed by atoms with Crippen LogP contribution in [-0.4, -0.2) is 37.0 Å². The van der Waals surface area contributed by atoms with E-state index in [1.807, 2.05) is 59.5 Å². The molecule has 1 amide bonds. The molecule has 3 aromatic carbocycles. The minimum absolute atomic E-state index is 0.0322. The van der Waals surface area contributed by atoms with Crippen LogP contribution in [0.25, 0.3) is 0 Å². The number of amides is 1. The van der Waals surface area contributed by atoms with Crippen molar-refractivity contribution in [2.45, 2.75) is 12.6 Å². The van der Waals surface area contributed by atoms with Gasteiger partial charge in [0.25, 0.3) is 5.91 Å². The molecule has 160 valence electrons. The van der Waals surface area contributed by atoms with Crippen LogP contribution in [0.1, 0.15) is 27.0 Å². The predicted molar refractivity (Wildman–Crippen MR) is 115 cm³/mol. The summed E-state index contributed by atoms with van der Waals surface area (Å²) in [6.45, 7) is 1.92. The molecule has 0 spiro atoms. The molecular weight excluding hydrogens is 401 g/mol. The van der Waals surface area contributed by atoms with E-state index in [0.29, 0.717) is 43.9 Å². The van der Waals surface area contributed by atoms with Crippen LogP contribution in [0.4, 0.5) is 18.9 Å². The highest BCUT2D eigenvalue weighted by Gasteiger charge is 2.31. The SMILES string of the molecule is O=C(c1ccccc1Cc1ccccc1)N1CCN(c2cccc(C(F)(F)F)c2)CC1. The highest BCUT2D eigenvalue weighted by molar-refractivity contribution is 5.96. The summed E-state index contributed by atoms with van der Waals surface area (Å²) in [4.78, 5) is 16.9. The molecule has 1 heterocycles. The molecule has 6 heteroatoms. The molecule has 1 aliphatic heterocycles. The van der Waals surface area contributed by atoms with E-state index in [-0.39, 0.29) is 5.91 Å². The summed E-state index contributed by atoms with van der Waals surface area (Å²) in [5, 5.41) is 0. The molecule has 31 heavy (non-hydrogen) atoms. The average Bonchev–Trinajstić information content (AvgIpc) is 2.79. The lowest BCUT2D eigenvalue weighted by Gasteiger charge is -2.36. The van der Waals surface area contributed by atoms with Crippen molar-refractivity contribution in [3.05, 3.63) is 101 Å². The van der Waals surface area contributed by atoms with Crippen LogP contribution < -0.4 is 4.90 Å². The molecule has 0 N–H and O–H groups in total. The molecule has 0 saturated carbocycles. The van der Waals surface area contributed by atoms with Gasteiger partial charge in [-0.1, -0.05) is 54.6 Å². The lowest BCUT2D eigenvalue weighted by Crippen LogP contribution is -2.49. The maximum Gasteiger partial charge on any atom is 0.416 e. The molecule has 1 saturated heterocycles. The standard InChI is InChI=1S/C25H23F3N2O/c26-25(27,28)21-10-6-11-22(18-21)29-13-15-30(16-14-29)24(31)23-12-5-4-9-20(23)17-19-7-2-1-3-8-19/h1-12,18H,13-17H2. The van der Waals surface area contributed by atoms with Crippen molar-refractivity contribution in [1.82, 2.24) is 4.90 Å². The molecule has 1 aliphatic rings. The molecule has 1 fully saturated rings. The number of hydrogen-bond acceptors (Lipinski definition) is 2. The summed E-state index contributed by atoms with van der Waals surface area (Å²) in [7, 11) is 0. The monoisotopic (exact) mass is 424 g/mol. The Bertz CT molecular complexity index is 1040. The molecule has 0 radical (unpaired) electrons. The Morgan fingerprint density at radius 3 is 2.19 bits per heavy atom. The minimum Gasteiger partial charge on any atom is -0.368 e. The Kier molecular flexibility index (Phi) is 5.98. The van der Waals surface area contributed by atoms with E-state index in [9.17, 15) is 18.0 Å². The summed E-state index contributed by atoms with van der Waals surface area (Å²) >= 11 is 0. The fourth-order valence-electron chi connectivity index (χ4n) is 3.92. The quantitative estimate of drug-likeness (QED) is 0.571. The number of carbonyl (C=O) groups excluding carboxylic acids is 1. The number of rotatable bonds is 4. The van der Waals surface area contributed by atoms with Crippen LogP contribution in [0.5, 0.6) is 0 Å². The summed E-state index contributed by atoms with van der Waals surface area (Å²) in [6, 6.07) is 23.0. The first-order chi connectivity index (χ1) is 14.9. The zero-order chi connectivity index (χ0) is 21.8. The van der Waals surface area contributed by atoms with E-state index in [2.05, 4.69) is 0 Å². The van der Waals surface area contributed by atoms with Gasteiger partial charge in [0.05, 0.1) is 5.56 Å². The zero-order valence-electron chi connectivity index (χ0n) is 17.0. The first-order valence-corrected chi connectivity index (χ1v) is 10.2. The van der Waals surface area contributed by atoms with Gasteiger partial charge in [0.1, 0.15) is 0 Å².